The third-order valence-electron chi connectivity index (χ3n) is 5.12. The first-order valence-corrected chi connectivity index (χ1v) is 12.2. The van der Waals surface area contributed by atoms with E-state index in [9.17, 15) is 14.7 Å². The van der Waals surface area contributed by atoms with E-state index in [2.05, 4.69) is 4.99 Å². The van der Waals surface area contributed by atoms with E-state index in [1.54, 1.807) is 47.4 Å². The fraction of sp³-hybridized carbons (Fsp3) is 0.115. The Morgan fingerprint density at radius 2 is 1.91 bits per heavy atom. The maximum absolute atomic E-state index is 13.1. The van der Waals surface area contributed by atoms with Crippen molar-refractivity contribution < 1.29 is 19.4 Å². The number of hydrogen-bond acceptors (Lipinski definition) is 5. The molecule has 0 unspecified atom stereocenters. The summed E-state index contributed by atoms with van der Waals surface area (Å²) >= 11 is 13.7. The van der Waals surface area contributed by atoms with Gasteiger partial charge in [-0.15, -0.1) is 0 Å². The number of halogens is 2. The Morgan fingerprint density at radius 3 is 2.66 bits per heavy atom. The van der Waals surface area contributed by atoms with Gasteiger partial charge in [-0.1, -0.05) is 47.5 Å². The highest BCUT2D eigenvalue weighted by Crippen LogP contribution is 2.36. The van der Waals surface area contributed by atoms with Gasteiger partial charge in [0.15, 0.2) is 5.17 Å². The summed E-state index contributed by atoms with van der Waals surface area (Å²) in [4.78, 5) is 30.9. The zero-order valence-electron chi connectivity index (χ0n) is 18.6. The molecule has 0 radical (unpaired) electrons. The number of amidine groups is 1. The molecule has 1 saturated heterocycles. The summed E-state index contributed by atoms with van der Waals surface area (Å²) in [7, 11) is 0. The van der Waals surface area contributed by atoms with E-state index in [0.29, 0.717) is 43.7 Å². The third kappa shape index (κ3) is 5.88. The van der Waals surface area contributed by atoms with Crippen LogP contribution < -0.4 is 4.74 Å². The summed E-state index contributed by atoms with van der Waals surface area (Å²) in [6, 6.07) is 18.9. The molecule has 0 saturated carbocycles. The number of aromatic carboxylic acids is 1. The highest BCUT2D eigenvalue weighted by molar-refractivity contribution is 8.18. The number of carbonyl (C=O) groups is 2. The Kier molecular flexibility index (Phi) is 7.80. The summed E-state index contributed by atoms with van der Waals surface area (Å²) in [6.45, 7) is 2.51. The predicted octanol–water partition coefficient (Wildman–Crippen LogP) is 6.89. The van der Waals surface area contributed by atoms with Gasteiger partial charge in [0.2, 0.25) is 0 Å². The lowest BCUT2D eigenvalue weighted by molar-refractivity contribution is -0.122. The summed E-state index contributed by atoms with van der Waals surface area (Å²) in [5, 5.41) is 10.8. The van der Waals surface area contributed by atoms with Crippen molar-refractivity contribution in [3.05, 3.63) is 98.4 Å². The molecule has 0 bridgehead atoms. The SMILES string of the molecule is CCN1C(=O)/C(=C\c2cc(Cl)ccc2OCc2ccccc2Cl)SC1=Nc1cccc(C(=O)O)c1. The van der Waals surface area contributed by atoms with Crippen molar-refractivity contribution in [1.82, 2.24) is 4.90 Å². The van der Waals surface area contributed by atoms with Crippen LogP contribution in [-0.2, 0) is 11.4 Å². The average molecular weight is 527 g/mol. The molecule has 1 aliphatic rings. The molecule has 3 aromatic rings. The van der Waals surface area contributed by atoms with Crippen LogP contribution in [0.2, 0.25) is 10.0 Å². The fourth-order valence-corrected chi connectivity index (χ4v) is 4.79. The van der Waals surface area contributed by atoms with Gasteiger partial charge in [-0.3, -0.25) is 9.69 Å². The van der Waals surface area contributed by atoms with Crippen LogP contribution in [0.3, 0.4) is 0 Å². The second-order valence-electron chi connectivity index (χ2n) is 7.47. The maximum Gasteiger partial charge on any atom is 0.335 e. The summed E-state index contributed by atoms with van der Waals surface area (Å²) in [5.74, 6) is -0.694. The smallest absolute Gasteiger partial charge is 0.335 e. The minimum absolute atomic E-state index is 0.124. The van der Waals surface area contributed by atoms with Crippen LogP contribution in [0.25, 0.3) is 6.08 Å². The number of amides is 1. The van der Waals surface area contributed by atoms with Gasteiger partial charge in [0.05, 0.1) is 16.2 Å². The number of rotatable bonds is 7. The molecule has 0 aromatic heterocycles. The number of carbonyl (C=O) groups excluding carboxylic acids is 1. The Labute approximate surface area is 216 Å². The molecule has 178 valence electrons. The Morgan fingerprint density at radius 1 is 1.11 bits per heavy atom. The van der Waals surface area contributed by atoms with Crippen molar-refractivity contribution in [1.29, 1.82) is 0 Å². The van der Waals surface area contributed by atoms with Crippen molar-refractivity contribution in [3.63, 3.8) is 0 Å². The Hall–Kier alpha value is -3.26. The number of nitrogens with zero attached hydrogens (tertiary/aromatic N) is 2. The molecule has 0 atom stereocenters. The topological polar surface area (TPSA) is 79.2 Å². The van der Waals surface area contributed by atoms with E-state index in [4.69, 9.17) is 27.9 Å². The molecular formula is C26H20Cl2N2O4S. The standard InChI is InChI=1S/C26H20Cl2N2O4S/c1-2-30-24(31)23(35-26(30)29-20-8-5-7-16(13-20)25(32)33)14-18-12-19(27)10-11-22(18)34-15-17-6-3-4-9-21(17)28/h3-14H,2,15H2,1H3,(H,32,33)/b23-14+,29-26?. The van der Waals surface area contributed by atoms with E-state index >= 15 is 0 Å². The van der Waals surface area contributed by atoms with Gasteiger partial charge in [-0.25, -0.2) is 9.79 Å². The Balaban J connectivity index is 1.63. The number of benzene rings is 3. The molecule has 1 aliphatic heterocycles. The number of hydrogen-bond donors (Lipinski definition) is 1. The van der Waals surface area contributed by atoms with Crippen molar-refractivity contribution in [2.75, 3.05) is 6.54 Å². The molecular weight excluding hydrogens is 507 g/mol. The summed E-state index contributed by atoms with van der Waals surface area (Å²) in [6.07, 6.45) is 1.72. The van der Waals surface area contributed by atoms with Gasteiger partial charge in [0.1, 0.15) is 12.4 Å². The normalized spacial score (nSPS) is 15.7. The predicted molar refractivity (Wildman–Crippen MR) is 141 cm³/mol. The van der Waals surface area contributed by atoms with Crippen LogP contribution in [0, 0.1) is 0 Å². The highest BCUT2D eigenvalue weighted by atomic mass is 35.5. The molecule has 3 aromatic carbocycles. The number of carboxylic acid groups (broad SMARTS) is 1. The number of carboxylic acids is 1. The number of ether oxygens (including phenoxy) is 1. The van der Waals surface area contributed by atoms with Gasteiger partial charge >= 0.3 is 5.97 Å². The van der Waals surface area contributed by atoms with Gasteiger partial charge in [-0.05, 0) is 67.2 Å². The first kappa shape index (κ1) is 24.9. The number of aliphatic imine (C=N–C) groups is 1. The molecule has 1 N–H and O–H groups in total. The Bertz CT molecular complexity index is 1360. The second-order valence-corrected chi connectivity index (χ2v) is 9.32. The quantitative estimate of drug-likeness (QED) is 0.339. The van der Waals surface area contributed by atoms with Gasteiger partial charge in [0, 0.05) is 27.7 Å². The fourth-order valence-electron chi connectivity index (χ4n) is 3.36. The van der Waals surface area contributed by atoms with Gasteiger partial charge in [-0.2, -0.15) is 0 Å². The van der Waals surface area contributed by atoms with Crippen LogP contribution in [-0.4, -0.2) is 33.6 Å². The van der Waals surface area contributed by atoms with Crippen LogP contribution in [0.5, 0.6) is 5.75 Å². The second kappa shape index (κ2) is 11.0. The van der Waals surface area contributed by atoms with Crippen LogP contribution in [0.1, 0.15) is 28.4 Å². The highest BCUT2D eigenvalue weighted by Gasteiger charge is 2.32. The monoisotopic (exact) mass is 526 g/mol. The average Bonchev–Trinajstić information content (AvgIpc) is 3.13. The molecule has 4 rings (SSSR count). The van der Waals surface area contributed by atoms with E-state index in [1.807, 2.05) is 25.1 Å². The van der Waals surface area contributed by atoms with Gasteiger partial charge < -0.3 is 9.84 Å². The summed E-state index contributed by atoms with van der Waals surface area (Å²) in [5.41, 5.74) is 2.06. The molecule has 1 amide bonds. The minimum atomic E-state index is -1.04. The van der Waals surface area contributed by atoms with Crippen molar-refractivity contribution >= 4 is 63.8 Å². The van der Waals surface area contributed by atoms with E-state index in [-0.39, 0.29) is 18.1 Å². The maximum atomic E-state index is 13.1. The van der Waals surface area contributed by atoms with Crippen molar-refractivity contribution in [3.8, 4) is 5.75 Å². The van der Waals surface area contributed by atoms with Gasteiger partial charge in [0.25, 0.3) is 5.91 Å². The van der Waals surface area contributed by atoms with Crippen LogP contribution in [0.4, 0.5) is 5.69 Å². The molecule has 6 nitrogen and oxygen atoms in total. The van der Waals surface area contributed by atoms with Crippen molar-refractivity contribution in [2.24, 2.45) is 4.99 Å². The molecule has 0 aliphatic carbocycles. The lowest BCUT2D eigenvalue weighted by Gasteiger charge is -2.12. The third-order valence-corrected chi connectivity index (χ3v) is 6.73. The largest absolute Gasteiger partial charge is 0.488 e. The molecule has 1 heterocycles. The molecule has 35 heavy (non-hydrogen) atoms. The zero-order chi connectivity index (χ0) is 24.9. The van der Waals surface area contributed by atoms with E-state index in [0.717, 1.165) is 5.56 Å². The molecule has 1 fully saturated rings. The van der Waals surface area contributed by atoms with Crippen molar-refractivity contribution in [2.45, 2.75) is 13.5 Å². The van der Waals surface area contributed by atoms with Crippen LogP contribution >= 0.6 is 35.0 Å². The molecule has 9 heteroatoms. The first-order chi connectivity index (χ1) is 16.9. The minimum Gasteiger partial charge on any atom is -0.488 e. The molecule has 0 spiro atoms. The van der Waals surface area contributed by atoms with Crippen LogP contribution in [0.15, 0.2) is 76.6 Å². The number of thioether (sulfide) groups is 1. The lowest BCUT2D eigenvalue weighted by atomic mass is 10.1. The zero-order valence-corrected chi connectivity index (χ0v) is 20.9. The van der Waals surface area contributed by atoms with E-state index in [1.165, 1.54) is 23.9 Å². The number of likely N-dealkylation sites (N-methyl/N-ethyl adjacent to an activating group) is 1. The lowest BCUT2D eigenvalue weighted by Crippen LogP contribution is -2.28. The van der Waals surface area contributed by atoms with E-state index < -0.39 is 5.97 Å². The summed E-state index contributed by atoms with van der Waals surface area (Å²) < 4.78 is 6.01. The first-order valence-electron chi connectivity index (χ1n) is 10.6.